The van der Waals surface area contributed by atoms with Gasteiger partial charge in [0.1, 0.15) is 0 Å². The van der Waals surface area contributed by atoms with Gasteiger partial charge in [0, 0.05) is 30.9 Å². The summed E-state index contributed by atoms with van der Waals surface area (Å²) in [6.45, 7) is 2.70. The summed E-state index contributed by atoms with van der Waals surface area (Å²) in [4.78, 5) is 16.3. The van der Waals surface area contributed by atoms with Crippen molar-refractivity contribution < 1.29 is 4.79 Å². The van der Waals surface area contributed by atoms with Crippen molar-refractivity contribution in [3.63, 3.8) is 0 Å². The number of pyridine rings is 1. The average Bonchev–Trinajstić information content (AvgIpc) is 2.49. The van der Waals surface area contributed by atoms with Gasteiger partial charge in [-0.2, -0.15) is 0 Å². The third-order valence-electron chi connectivity index (χ3n) is 3.90. The predicted octanol–water partition coefficient (Wildman–Crippen LogP) is 2.05. The molecule has 0 spiro atoms. The molecule has 2 N–H and O–H groups in total. The largest absolute Gasteiger partial charge is 0.352 e. The summed E-state index contributed by atoms with van der Waals surface area (Å²) in [5.74, 6) is 0.123. The van der Waals surface area contributed by atoms with E-state index >= 15 is 0 Å². The Hall–Kier alpha value is -1.42. The molecule has 0 bridgehead atoms. The standard InChI is InChI=1S/C16H25N3O/c1-13(16(20)19-15-8-3-2-4-9-15)17-12-10-14-7-5-6-11-18-14/h5-7,11,13,15,17H,2-4,8-10,12H2,1H3,(H,19,20). The lowest BCUT2D eigenvalue weighted by Crippen LogP contribution is -2.47. The highest BCUT2D eigenvalue weighted by molar-refractivity contribution is 5.81. The number of hydrogen-bond donors (Lipinski definition) is 2. The fourth-order valence-electron chi connectivity index (χ4n) is 2.63. The topological polar surface area (TPSA) is 54.0 Å². The Balaban J connectivity index is 1.65. The molecule has 2 rings (SSSR count). The van der Waals surface area contributed by atoms with E-state index in [0.29, 0.717) is 6.04 Å². The normalized spacial score (nSPS) is 17.6. The maximum Gasteiger partial charge on any atom is 0.237 e. The maximum atomic E-state index is 12.1. The second kappa shape index (κ2) is 8.00. The van der Waals surface area contributed by atoms with Crippen LogP contribution in [0.1, 0.15) is 44.7 Å². The first-order valence-electron chi connectivity index (χ1n) is 7.69. The predicted molar refractivity (Wildman–Crippen MR) is 80.4 cm³/mol. The summed E-state index contributed by atoms with van der Waals surface area (Å²) in [6.07, 6.45) is 8.71. The fraction of sp³-hybridized carbons (Fsp3) is 0.625. The Kier molecular flexibility index (Phi) is 5.99. The molecule has 1 fully saturated rings. The number of nitrogens with one attached hydrogen (secondary N) is 2. The lowest BCUT2D eigenvalue weighted by Gasteiger charge is -2.24. The Morgan fingerprint density at radius 2 is 2.15 bits per heavy atom. The number of hydrogen-bond acceptors (Lipinski definition) is 3. The smallest absolute Gasteiger partial charge is 0.237 e. The van der Waals surface area contributed by atoms with Crippen molar-refractivity contribution in [1.29, 1.82) is 0 Å². The molecule has 1 aliphatic carbocycles. The number of carbonyl (C=O) groups excluding carboxylic acids is 1. The van der Waals surface area contributed by atoms with Crippen molar-refractivity contribution in [1.82, 2.24) is 15.6 Å². The minimum absolute atomic E-state index is 0.123. The highest BCUT2D eigenvalue weighted by Gasteiger charge is 2.18. The number of amides is 1. The molecular weight excluding hydrogens is 250 g/mol. The van der Waals surface area contributed by atoms with Gasteiger partial charge in [-0.3, -0.25) is 9.78 Å². The summed E-state index contributed by atoms with van der Waals surface area (Å²) in [6, 6.07) is 6.16. The summed E-state index contributed by atoms with van der Waals surface area (Å²) >= 11 is 0. The highest BCUT2D eigenvalue weighted by Crippen LogP contribution is 2.17. The molecule has 1 unspecified atom stereocenters. The van der Waals surface area contributed by atoms with Crippen LogP contribution in [0.3, 0.4) is 0 Å². The van der Waals surface area contributed by atoms with Crippen LogP contribution < -0.4 is 10.6 Å². The van der Waals surface area contributed by atoms with E-state index in [1.54, 1.807) is 6.20 Å². The van der Waals surface area contributed by atoms with Crippen molar-refractivity contribution >= 4 is 5.91 Å². The molecule has 0 aromatic carbocycles. The molecule has 110 valence electrons. The van der Waals surface area contributed by atoms with Crippen LogP contribution in [0.25, 0.3) is 0 Å². The zero-order valence-corrected chi connectivity index (χ0v) is 12.3. The van der Waals surface area contributed by atoms with Gasteiger partial charge < -0.3 is 10.6 Å². The van der Waals surface area contributed by atoms with E-state index in [2.05, 4.69) is 15.6 Å². The molecule has 20 heavy (non-hydrogen) atoms. The molecule has 4 heteroatoms. The van der Waals surface area contributed by atoms with Gasteiger partial charge >= 0.3 is 0 Å². The van der Waals surface area contributed by atoms with Crippen molar-refractivity contribution in [3.05, 3.63) is 30.1 Å². The molecule has 1 aromatic heterocycles. The Labute approximate surface area is 121 Å². The third-order valence-corrected chi connectivity index (χ3v) is 3.90. The molecule has 1 amide bonds. The van der Waals surface area contributed by atoms with Crippen molar-refractivity contribution in [2.24, 2.45) is 0 Å². The lowest BCUT2D eigenvalue weighted by atomic mass is 9.95. The Morgan fingerprint density at radius 3 is 2.85 bits per heavy atom. The van der Waals surface area contributed by atoms with E-state index in [-0.39, 0.29) is 11.9 Å². The molecular formula is C16H25N3O. The van der Waals surface area contributed by atoms with E-state index in [0.717, 1.165) is 31.5 Å². The number of aromatic nitrogens is 1. The van der Waals surface area contributed by atoms with Gasteiger partial charge in [-0.1, -0.05) is 25.3 Å². The minimum atomic E-state index is -0.138. The average molecular weight is 275 g/mol. The maximum absolute atomic E-state index is 12.1. The molecule has 1 heterocycles. The highest BCUT2D eigenvalue weighted by atomic mass is 16.2. The van der Waals surface area contributed by atoms with Gasteiger partial charge in [-0.25, -0.2) is 0 Å². The van der Waals surface area contributed by atoms with Crippen molar-refractivity contribution in [3.8, 4) is 0 Å². The molecule has 1 saturated carbocycles. The first kappa shape index (κ1) is 15.0. The van der Waals surface area contributed by atoms with Gasteiger partial charge in [0.05, 0.1) is 6.04 Å². The van der Waals surface area contributed by atoms with Gasteiger partial charge in [0.25, 0.3) is 0 Å². The van der Waals surface area contributed by atoms with Gasteiger partial charge in [-0.05, 0) is 31.9 Å². The van der Waals surface area contributed by atoms with Crippen LogP contribution in [0.15, 0.2) is 24.4 Å². The van der Waals surface area contributed by atoms with E-state index in [9.17, 15) is 4.79 Å². The van der Waals surface area contributed by atoms with Crippen LogP contribution in [0, 0.1) is 0 Å². The van der Waals surface area contributed by atoms with E-state index in [4.69, 9.17) is 0 Å². The summed E-state index contributed by atoms with van der Waals surface area (Å²) in [5.41, 5.74) is 1.06. The second-order valence-corrected chi connectivity index (χ2v) is 5.59. The quantitative estimate of drug-likeness (QED) is 0.835. The third kappa shape index (κ3) is 4.93. The molecule has 0 saturated heterocycles. The fourth-order valence-corrected chi connectivity index (χ4v) is 2.63. The zero-order chi connectivity index (χ0) is 14.2. The lowest BCUT2D eigenvalue weighted by molar-refractivity contribution is -0.123. The number of rotatable bonds is 6. The molecule has 1 aromatic rings. The summed E-state index contributed by atoms with van der Waals surface area (Å²) < 4.78 is 0. The van der Waals surface area contributed by atoms with Crippen LogP contribution in [0.2, 0.25) is 0 Å². The van der Waals surface area contributed by atoms with Gasteiger partial charge in [-0.15, -0.1) is 0 Å². The first-order chi connectivity index (χ1) is 9.75. The Bertz CT molecular complexity index is 401. The van der Waals surface area contributed by atoms with Crippen LogP contribution in [0.4, 0.5) is 0 Å². The first-order valence-corrected chi connectivity index (χ1v) is 7.69. The minimum Gasteiger partial charge on any atom is -0.352 e. The summed E-state index contributed by atoms with van der Waals surface area (Å²) in [5, 5.41) is 6.42. The van der Waals surface area contributed by atoms with E-state index < -0.39 is 0 Å². The van der Waals surface area contributed by atoms with Gasteiger partial charge in [0.2, 0.25) is 5.91 Å². The molecule has 4 nitrogen and oxygen atoms in total. The number of nitrogens with zero attached hydrogens (tertiary/aromatic N) is 1. The molecule has 1 aliphatic rings. The van der Waals surface area contributed by atoms with Crippen molar-refractivity contribution in [2.75, 3.05) is 6.54 Å². The van der Waals surface area contributed by atoms with Crippen LogP contribution >= 0.6 is 0 Å². The number of carbonyl (C=O) groups is 1. The zero-order valence-electron chi connectivity index (χ0n) is 12.3. The van der Waals surface area contributed by atoms with E-state index in [1.165, 1.54) is 19.3 Å². The van der Waals surface area contributed by atoms with Crippen molar-refractivity contribution in [2.45, 2.75) is 57.5 Å². The monoisotopic (exact) mass is 275 g/mol. The molecule has 1 atom stereocenters. The SMILES string of the molecule is CC(NCCc1ccccn1)C(=O)NC1CCCCC1. The molecule has 0 radical (unpaired) electrons. The molecule has 0 aliphatic heterocycles. The Morgan fingerprint density at radius 1 is 1.35 bits per heavy atom. The second-order valence-electron chi connectivity index (χ2n) is 5.59. The van der Waals surface area contributed by atoms with Crippen LogP contribution in [-0.4, -0.2) is 29.5 Å². The van der Waals surface area contributed by atoms with Crippen LogP contribution in [-0.2, 0) is 11.2 Å². The summed E-state index contributed by atoms with van der Waals surface area (Å²) in [7, 11) is 0. The van der Waals surface area contributed by atoms with E-state index in [1.807, 2.05) is 25.1 Å². The van der Waals surface area contributed by atoms with Gasteiger partial charge in [0.15, 0.2) is 0 Å². The van der Waals surface area contributed by atoms with Crippen LogP contribution in [0.5, 0.6) is 0 Å².